The average molecular weight is 345 g/mol. The van der Waals surface area contributed by atoms with Gasteiger partial charge in [0.05, 0.1) is 5.52 Å². The van der Waals surface area contributed by atoms with Gasteiger partial charge in [-0.3, -0.25) is 0 Å². The molecule has 6 heteroatoms. The van der Waals surface area contributed by atoms with Crippen LogP contribution in [0.3, 0.4) is 0 Å². The van der Waals surface area contributed by atoms with E-state index in [0.717, 1.165) is 28.5 Å². The number of rotatable bonds is 2. The molecule has 0 spiro atoms. The number of nitrogens with zero attached hydrogens (tertiary/aromatic N) is 4. The Labute approximate surface area is 130 Å². The van der Waals surface area contributed by atoms with Gasteiger partial charge in [0.2, 0.25) is 0 Å². The van der Waals surface area contributed by atoms with E-state index in [9.17, 15) is 0 Å². The fraction of sp³-hybridized carbons (Fsp3) is 0.267. The highest BCUT2D eigenvalue weighted by Gasteiger charge is 2.20. The Morgan fingerprint density at radius 3 is 2.76 bits per heavy atom. The molecule has 3 aromatic rings. The van der Waals surface area contributed by atoms with Gasteiger partial charge in [0.1, 0.15) is 5.69 Å². The minimum absolute atomic E-state index is 0.453. The van der Waals surface area contributed by atoms with Crippen molar-refractivity contribution >= 4 is 32.8 Å². The van der Waals surface area contributed by atoms with Gasteiger partial charge in [0.25, 0.3) is 11.8 Å². The maximum absolute atomic E-state index is 5.40. The van der Waals surface area contributed by atoms with Crippen LogP contribution >= 0.6 is 15.9 Å². The van der Waals surface area contributed by atoms with Crippen molar-refractivity contribution in [2.45, 2.75) is 12.8 Å². The van der Waals surface area contributed by atoms with Crippen LogP contribution in [0.1, 0.15) is 12.8 Å². The van der Waals surface area contributed by atoms with Crippen molar-refractivity contribution in [2.75, 3.05) is 18.0 Å². The Morgan fingerprint density at radius 2 is 1.90 bits per heavy atom. The molecule has 5 nitrogen and oxygen atoms in total. The number of anilines is 1. The lowest BCUT2D eigenvalue weighted by molar-refractivity contribution is 0.428. The summed E-state index contributed by atoms with van der Waals surface area (Å²) in [4.78, 5) is 11.2. The summed E-state index contributed by atoms with van der Waals surface area (Å²) in [6.07, 6.45) is 2.36. The summed E-state index contributed by atoms with van der Waals surface area (Å²) in [5.41, 5.74) is 1.60. The number of halogens is 1. The number of benzene rings is 1. The monoisotopic (exact) mass is 344 g/mol. The van der Waals surface area contributed by atoms with E-state index < -0.39 is 0 Å². The van der Waals surface area contributed by atoms with Gasteiger partial charge in [-0.15, -0.1) is 0 Å². The maximum Gasteiger partial charge on any atom is 0.279 e. The molecule has 106 valence electrons. The Bertz CT molecular complexity index is 795. The van der Waals surface area contributed by atoms with E-state index in [2.05, 4.69) is 36.0 Å². The largest absolute Gasteiger partial charge is 0.338 e. The Hall–Kier alpha value is -1.95. The van der Waals surface area contributed by atoms with Crippen LogP contribution in [-0.4, -0.2) is 28.2 Å². The first-order valence-corrected chi connectivity index (χ1v) is 7.75. The van der Waals surface area contributed by atoms with E-state index in [0.29, 0.717) is 17.5 Å². The predicted molar refractivity (Wildman–Crippen MR) is 84.2 cm³/mol. The third kappa shape index (κ3) is 2.29. The summed E-state index contributed by atoms with van der Waals surface area (Å²) in [6.45, 7) is 1.98. The molecule has 0 atom stereocenters. The first-order valence-electron chi connectivity index (χ1n) is 6.95. The minimum atomic E-state index is 0.453. The Kier molecular flexibility index (Phi) is 3.11. The lowest BCUT2D eigenvalue weighted by Gasteiger charge is -2.09. The zero-order valence-corrected chi connectivity index (χ0v) is 12.9. The molecular formula is C15H13BrN4O. The molecule has 1 fully saturated rings. The average Bonchev–Trinajstić information content (AvgIpc) is 3.17. The van der Waals surface area contributed by atoms with Crippen LogP contribution in [0.25, 0.3) is 22.5 Å². The highest BCUT2D eigenvalue weighted by Crippen LogP contribution is 2.30. The predicted octanol–water partition coefficient (Wildman–Crippen LogP) is 3.65. The Morgan fingerprint density at radius 1 is 1.10 bits per heavy atom. The van der Waals surface area contributed by atoms with E-state index >= 15 is 0 Å². The maximum atomic E-state index is 5.40. The van der Waals surface area contributed by atoms with Crippen LogP contribution in [0.5, 0.6) is 0 Å². The van der Waals surface area contributed by atoms with Crippen LogP contribution in [-0.2, 0) is 0 Å². The highest BCUT2D eigenvalue weighted by molar-refractivity contribution is 9.10. The fourth-order valence-electron chi connectivity index (χ4n) is 2.60. The summed E-state index contributed by atoms with van der Waals surface area (Å²) >= 11 is 3.54. The van der Waals surface area contributed by atoms with E-state index in [1.54, 1.807) is 0 Å². The molecule has 1 aliphatic heterocycles. The molecule has 1 saturated heterocycles. The minimum Gasteiger partial charge on any atom is -0.338 e. The summed E-state index contributed by atoms with van der Waals surface area (Å²) in [7, 11) is 0. The summed E-state index contributed by atoms with van der Waals surface area (Å²) < 4.78 is 6.26. The molecule has 0 saturated carbocycles. The van der Waals surface area contributed by atoms with Crippen molar-refractivity contribution in [3.05, 3.63) is 34.8 Å². The lowest BCUT2D eigenvalue weighted by atomic mass is 10.2. The zero-order chi connectivity index (χ0) is 14.2. The van der Waals surface area contributed by atoms with Gasteiger partial charge in [-0.1, -0.05) is 18.2 Å². The molecule has 4 rings (SSSR count). The molecule has 1 aromatic carbocycles. The number of hydrogen-bond donors (Lipinski definition) is 0. The lowest BCUT2D eigenvalue weighted by Crippen LogP contribution is -2.18. The van der Waals surface area contributed by atoms with Crippen LogP contribution < -0.4 is 4.90 Å². The highest BCUT2D eigenvalue weighted by atomic mass is 79.9. The molecule has 0 bridgehead atoms. The number of pyridine rings is 1. The Balaban J connectivity index is 1.77. The molecule has 1 aliphatic rings. The van der Waals surface area contributed by atoms with Crippen molar-refractivity contribution in [1.82, 2.24) is 15.1 Å². The summed E-state index contributed by atoms with van der Waals surface area (Å²) in [5, 5.41) is 5.15. The van der Waals surface area contributed by atoms with Crippen molar-refractivity contribution in [1.29, 1.82) is 0 Å². The van der Waals surface area contributed by atoms with Crippen LogP contribution in [0, 0.1) is 0 Å². The van der Waals surface area contributed by atoms with Crippen molar-refractivity contribution < 1.29 is 4.52 Å². The quantitative estimate of drug-likeness (QED) is 0.710. The van der Waals surface area contributed by atoms with Crippen LogP contribution in [0.4, 0.5) is 5.95 Å². The molecule has 0 N–H and O–H groups in total. The van der Waals surface area contributed by atoms with Gasteiger partial charge < -0.3 is 9.42 Å². The van der Waals surface area contributed by atoms with E-state index in [1.807, 2.05) is 30.3 Å². The number of fused-ring (bicyclic) bond motifs is 1. The molecule has 0 radical (unpaired) electrons. The molecule has 0 amide bonds. The second kappa shape index (κ2) is 5.11. The van der Waals surface area contributed by atoms with Crippen molar-refractivity contribution in [3.8, 4) is 11.6 Å². The van der Waals surface area contributed by atoms with Crippen LogP contribution in [0.15, 0.2) is 39.3 Å². The van der Waals surface area contributed by atoms with Crippen LogP contribution in [0.2, 0.25) is 0 Å². The third-order valence-electron chi connectivity index (χ3n) is 3.68. The van der Waals surface area contributed by atoms with E-state index in [-0.39, 0.29) is 0 Å². The number of para-hydroxylation sites is 1. The first-order chi connectivity index (χ1) is 10.3. The van der Waals surface area contributed by atoms with Gasteiger partial charge in [0.15, 0.2) is 0 Å². The molecule has 3 heterocycles. The number of aromatic nitrogens is 3. The van der Waals surface area contributed by atoms with Gasteiger partial charge in [-0.25, -0.2) is 4.98 Å². The molecule has 2 aromatic heterocycles. The second-order valence-electron chi connectivity index (χ2n) is 5.11. The SMILES string of the molecule is Brc1cc2ccccc2nc1-c1nc(N2CCCC2)no1. The van der Waals surface area contributed by atoms with Gasteiger partial charge in [0, 0.05) is 22.9 Å². The normalized spacial score (nSPS) is 15.0. The topological polar surface area (TPSA) is 55.1 Å². The third-order valence-corrected chi connectivity index (χ3v) is 4.29. The summed E-state index contributed by atoms with van der Waals surface area (Å²) in [6, 6.07) is 9.99. The van der Waals surface area contributed by atoms with Gasteiger partial charge in [-0.05, 0) is 46.1 Å². The molecular weight excluding hydrogens is 332 g/mol. The van der Waals surface area contributed by atoms with Crippen molar-refractivity contribution in [2.24, 2.45) is 0 Å². The number of hydrogen-bond acceptors (Lipinski definition) is 5. The molecule has 0 aliphatic carbocycles. The first kappa shape index (κ1) is 12.8. The van der Waals surface area contributed by atoms with E-state index in [4.69, 9.17) is 4.52 Å². The second-order valence-corrected chi connectivity index (χ2v) is 5.96. The summed E-state index contributed by atoms with van der Waals surface area (Å²) in [5.74, 6) is 1.11. The van der Waals surface area contributed by atoms with Gasteiger partial charge in [-0.2, -0.15) is 4.98 Å². The zero-order valence-electron chi connectivity index (χ0n) is 11.3. The fourth-order valence-corrected chi connectivity index (χ4v) is 3.10. The van der Waals surface area contributed by atoms with E-state index in [1.165, 1.54) is 12.8 Å². The standard InChI is InChI=1S/C15H13BrN4O/c16-11-9-10-5-1-2-6-12(10)17-13(11)14-18-15(19-21-14)20-7-3-4-8-20/h1-2,5-6,9H,3-4,7-8H2. The molecule has 0 unspecified atom stereocenters. The smallest absolute Gasteiger partial charge is 0.279 e. The molecule has 21 heavy (non-hydrogen) atoms. The van der Waals surface area contributed by atoms with Gasteiger partial charge >= 0.3 is 0 Å². The van der Waals surface area contributed by atoms with Crippen molar-refractivity contribution in [3.63, 3.8) is 0 Å².